The molecule has 1 aliphatic carbocycles. The molecule has 24 heavy (non-hydrogen) atoms. The van der Waals surface area contributed by atoms with E-state index in [1.165, 1.54) is 12.8 Å². The minimum absolute atomic E-state index is 0.142. The molecule has 0 radical (unpaired) electrons. The highest BCUT2D eigenvalue weighted by molar-refractivity contribution is 5.52. The number of nitrogens with zero attached hydrogens (tertiary/aromatic N) is 1. The summed E-state index contributed by atoms with van der Waals surface area (Å²) in [5.74, 6) is 1.61. The Kier molecular flexibility index (Phi) is 4.84. The number of aromatic hydroxyl groups is 1. The molecule has 132 valence electrons. The molecule has 0 bridgehead atoms. The first-order valence-corrected chi connectivity index (χ1v) is 9.33. The summed E-state index contributed by atoms with van der Waals surface area (Å²) < 4.78 is 6.32. The molecule has 1 saturated carbocycles. The van der Waals surface area contributed by atoms with Crippen molar-refractivity contribution in [3.63, 3.8) is 0 Å². The number of phenols is 1. The van der Waals surface area contributed by atoms with E-state index in [1.807, 2.05) is 6.07 Å². The first-order valence-electron chi connectivity index (χ1n) is 9.33. The van der Waals surface area contributed by atoms with Gasteiger partial charge in [-0.05, 0) is 69.6 Å². The van der Waals surface area contributed by atoms with E-state index >= 15 is 0 Å². The molecule has 4 heteroatoms. The molecule has 1 aromatic rings. The summed E-state index contributed by atoms with van der Waals surface area (Å²) in [6.45, 7) is 6.45. The lowest BCUT2D eigenvalue weighted by Crippen LogP contribution is -2.47. The SMILES string of the molecule is CCCCCc1cc(O)c2c(c1)OC(C)(C)C1CCC(N=O)CC21. The lowest BCUT2D eigenvalue weighted by Gasteiger charge is -2.48. The monoisotopic (exact) mass is 331 g/mol. The Morgan fingerprint density at radius 3 is 2.79 bits per heavy atom. The fourth-order valence-electron chi connectivity index (χ4n) is 4.60. The van der Waals surface area contributed by atoms with Crippen molar-refractivity contribution < 1.29 is 9.84 Å². The molecule has 1 N–H and O–H groups in total. The molecule has 1 aromatic carbocycles. The van der Waals surface area contributed by atoms with E-state index in [2.05, 4.69) is 32.0 Å². The van der Waals surface area contributed by atoms with Gasteiger partial charge in [-0.2, -0.15) is 4.91 Å². The first kappa shape index (κ1) is 17.2. The van der Waals surface area contributed by atoms with Gasteiger partial charge in [-0.15, -0.1) is 0 Å². The van der Waals surface area contributed by atoms with Crippen molar-refractivity contribution >= 4 is 0 Å². The molecule has 4 nitrogen and oxygen atoms in total. The number of hydrogen-bond acceptors (Lipinski definition) is 4. The second-order valence-corrected chi connectivity index (χ2v) is 7.97. The maximum absolute atomic E-state index is 11.0. The summed E-state index contributed by atoms with van der Waals surface area (Å²) in [5, 5.41) is 14.0. The topological polar surface area (TPSA) is 58.9 Å². The Bertz CT molecular complexity index is 611. The van der Waals surface area contributed by atoms with Crippen molar-refractivity contribution in [1.29, 1.82) is 0 Å². The van der Waals surface area contributed by atoms with Crippen molar-refractivity contribution in [2.75, 3.05) is 0 Å². The highest BCUT2D eigenvalue weighted by Crippen LogP contribution is 2.54. The summed E-state index contributed by atoms with van der Waals surface area (Å²) >= 11 is 0. The number of phenolic OH excluding ortho intramolecular Hbond substituents is 1. The minimum Gasteiger partial charge on any atom is -0.508 e. The summed E-state index contributed by atoms with van der Waals surface area (Å²) in [6.07, 6.45) is 6.93. The van der Waals surface area contributed by atoms with Crippen LogP contribution in [-0.4, -0.2) is 16.7 Å². The van der Waals surface area contributed by atoms with Crippen LogP contribution in [0, 0.1) is 10.8 Å². The van der Waals surface area contributed by atoms with Gasteiger partial charge in [0.15, 0.2) is 0 Å². The van der Waals surface area contributed by atoms with Crippen LogP contribution in [0.5, 0.6) is 11.5 Å². The average Bonchev–Trinajstić information content (AvgIpc) is 2.53. The van der Waals surface area contributed by atoms with Gasteiger partial charge in [-0.1, -0.05) is 24.9 Å². The van der Waals surface area contributed by atoms with Crippen molar-refractivity contribution in [2.24, 2.45) is 11.1 Å². The van der Waals surface area contributed by atoms with Gasteiger partial charge in [0.1, 0.15) is 17.1 Å². The van der Waals surface area contributed by atoms with Crippen LogP contribution in [0.4, 0.5) is 0 Å². The molecule has 1 heterocycles. The number of aryl methyl sites for hydroxylation is 1. The third-order valence-electron chi connectivity index (χ3n) is 5.86. The number of unbranched alkanes of at least 4 members (excludes halogenated alkanes) is 2. The Labute approximate surface area is 144 Å². The summed E-state index contributed by atoms with van der Waals surface area (Å²) in [4.78, 5) is 11.0. The molecular weight excluding hydrogens is 302 g/mol. The first-order chi connectivity index (χ1) is 11.5. The predicted molar refractivity (Wildman–Crippen MR) is 95.7 cm³/mol. The lowest BCUT2D eigenvalue weighted by molar-refractivity contribution is -0.00984. The lowest BCUT2D eigenvalue weighted by atomic mass is 9.65. The van der Waals surface area contributed by atoms with Crippen LogP contribution in [0.15, 0.2) is 17.3 Å². The molecule has 0 saturated heterocycles. The second kappa shape index (κ2) is 6.73. The van der Waals surface area contributed by atoms with Crippen molar-refractivity contribution in [3.8, 4) is 11.5 Å². The number of ether oxygens (including phenoxy) is 1. The summed E-state index contributed by atoms with van der Waals surface area (Å²) in [5.41, 5.74) is 1.75. The number of fused-ring (bicyclic) bond motifs is 3. The largest absolute Gasteiger partial charge is 0.508 e. The second-order valence-electron chi connectivity index (χ2n) is 7.97. The van der Waals surface area contributed by atoms with Crippen LogP contribution in [0.3, 0.4) is 0 Å². The van der Waals surface area contributed by atoms with Crippen LogP contribution >= 0.6 is 0 Å². The minimum atomic E-state index is -0.278. The predicted octanol–water partition coefficient (Wildman–Crippen LogP) is 5.31. The highest BCUT2D eigenvalue weighted by atomic mass is 16.5. The van der Waals surface area contributed by atoms with Crippen LogP contribution in [-0.2, 0) is 6.42 Å². The van der Waals surface area contributed by atoms with Gasteiger partial charge < -0.3 is 9.84 Å². The molecule has 0 aromatic heterocycles. The number of nitroso groups, excluding NO2 is 1. The van der Waals surface area contributed by atoms with E-state index in [9.17, 15) is 10.0 Å². The zero-order valence-corrected chi connectivity index (χ0v) is 15.0. The van der Waals surface area contributed by atoms with Crippen molar-refractivity contribution in [3.05, 3.63) is 28.2 Å². The van der Waals surface area contributed by atoms with Gasteiger partial charge in [0, 0.05) is 11.5 Å². The highest BCUT2D eigenvalue weighted by Gasteiger charge is 2.48. The fourth-order valence-corrected chi connectivity index (χ4v) is 4.60. The zero-order chi connectivity index (χ0) is 17.3. The van der Waals surface area contributed by atoms with Gasteiger partial charge in [-0.3, -0.25) is 0 Å². The van der Waals surface area contributed by atoms with E-state index in [4.69, 9.17) is 4.74 Å². The Morgan fingerprint density at radius 1 is 1.29 bits per heavy atom. The number of rotatable bonds is 5. The molecule has 3 atom stereocenters. The van der Waals surface area contributed by atoms with Crippen LogP contribution in [0.25, 0.3) is 0 Å². The van der Waals surface area contributed by atoms with E-state index in [-0.39, 0.29) is 17.6 Å². The van der Waals surface area contributed by atoms with Crippen molar-refractivity contribution in [1.82, 2.24) is 0 Å². The molecule has 0 spiro atoms. The molecule has 2 aliphatic rings. The van der Waals surface area contributed by atoms with E-state index in [0.717, 1.165) is 49.0 Å². The number of hydrogen-bond donors (Lipinski definition) is 1. The molecule has 3 unspecified atom stereocenters. The Hall–Kier alpha value is -1.58. The van der Waals surface area contributed by atoms with Crippen molar-refractivity contribution in [2.45, 2.75) is 83.3 Å². The van der Waals surface area contributed by atoms with Crippen LogP contribution in [0.2, 0.25) is 0 Å². The smallest absolute Gasteiger partial charge is 0.127 e. The van der Waals surface area contributed by atoms with Crippen LogP contribution in [0.1, 0.15) is 76.3 Å². The van der Waals surface area contributed by atoms with Gasteiger partial charge in [-0.25, -0.2) is 0 Å². The van der Waals surface area contributed by atoms with Gasteiger partial charge in [0.05, 0.1) is 6.04 Å². The molecule has 0 amide bonds. The summed E-state index contributed by atoms with van der Waals surface area (Å²) in [7, 11) is 0. The zero-order valence-electron chi connectivity index (χ0n) is 15.0. The third-order valence-corrected chi connectivity index (χ3v) is 5.86. The normalized spacial score (nSPS) is 27.7. The van der Waals surface area contributed by atoms with E-state index < -0.39 is 0 Å². The number of benzene rings is 1. The fraction of sp³-hybridized carbons (Fsp3) is 0.700. The molecule has 3 rings (SSSR count). The summed E-state index contributed by atoms with van der Waals surface area (Å²) in [6, 6.07) is 3.85. The quantitative estimate of drug-likeness (QED) is 0.587. The maximum atomic E-state index is 11.0. The van der Waals surface area contributed by atoms with Gasteiger partial charge in [0.25, 0.3) is 0 Å². The van der Waals surface area contributed by atoms with Gasteiger partial charge in [0.2, 0.25) is 0 Å². The molecule has 1 fully saturated rings. The van der Waals surface area contributed by atoms with Gasteiger partial charge >= 0.3 is 0 Å². The van der Waals surface area contributed by atoms with E-state index in [1.54, 1.807) is 0 Å². The Morgan fingerprint density at radius 2 is 2.08 bits per heavy atom. The third kappa shape index (κ3) is 3.15. The van der Waals surface area contributed by atoms with Crippen LogP contribution < -0.4 is 4.74 Å². The standard InChI is InChI=1S/C20H29NO3/c1-4-5-6-7-13-10-17(22)19-15-12-14(21-23)8-9-16(15)20(2,3)24-18(19)11-13/h10-11,14-16,22H,4-9,12H2,1-3H3. The molecular formula is C20H29NO3. The molecule has 1 aliphatic heterocycles. The van der Waals surface area contributed by atoms with E-state index in [0.29, 0.717) is 11.7 Å². The maximum Gasteiger partial charge on any atom is 0.127 e. The average molecular weight is 331 g/mol. The Balaban J connectivity index is 1.94.